The molecule has 0 radical (unpaired) electrons. The van der Waals surface area contributed by atoms with Crippen LogP contribution in [-0.2, 0) is 11.2 Å². The van der Waals surface area contributed by atoms with Gasteiger partial charge in [-0.05, 0) is 68.0 Å². The standard InChI is InChI=1S/C19H29NO2.C2H6/c1-5-11-20(12-6-2)18-10-8-15-13-16(19(21)22-4)7-9-17(15)14(18)3;1-2/h7,9,13-14,18H,5-6,8,10-12H2,1-4H3;1-2H3. The first-order valence-electron chi connectivity index (χ1n) is 9.57. The van der Waals surface area contributed by atoms with Gasteiger partial charge in [-0.15, -0.1) is 0 Å². The number of nitrogens with zero attached hydrogens (tertiary/aromatic N) is 1. The fourth-order valence-corrected chi connectivity index (χ4v) is 3.79. The molecule has 0 aromatic heterocycles. The lowest BCUT2D eigenvalue weighted by Crippen LogP contribution is -2.42. The van der Waals surface area contributed by atoms with Crippen LogP contribution in [0.3, 0.4) is 0 Å². The van der Waals surface area contributed by atoms with Gasteiger partial charge in [0.25, 0.3) is 0 Å². The Labute approximate surface area is 148 Å². The third-order valence-electron chi connectivity index (χ3n) is 4.83. The molecule has 0 heterocycles. The molecule has 24 heavy (non-hydrogen) atoms. The second-order valence-electron chi connectivity index (χ2n) is 6.34. The molecule has 0 spiro atoms. The third kappa shape index (κ3) is 4.83. The lowest BCUT2D eigenvalue weighted by atomic mass is 9.79. The van der Waals surface area contributed by atoms with Gasteiger partial charge in [-0.1, -0.05) is 40.7 Å². The van der Waals surface area contributed by atoms with Crippen molar-refractivity contribution >= 4 is 5.97 Å². The van der Waals surface area contributed by atoms with Gasteiger partial charge in [-0.2, -0.15) is 0 Å². The van der Waals surface area contributed by atoms with Crippen LogP contribution in [0.5, 0.6) is 0 Å². The molecule has 0 amide bonds. The van der Waals surface area contributed by atoms with Crippen molar-refractivity contribution in [3.05, 3.63) is 34.9 Å². The molecule has 1 aliphatic rings. The van der Waals surface area contributed by atoms with Gasteiger partial charge >= 0.3 is 5.97 Å². The van der Waals surface area contributed by atoms with Crippen molar-refractivity contribution in [3.63, 3.8) is 0 Å². The lowest BCUT2D eigenvalue weighted by molar-refractivity contribution is 0.0600. The molecule has 0 bridgehead atoms. The molecule has 1 aliphatic carbocycles. The van der Waals surface area contributed by atoms with Gasteiger partial charge in [0.05, 0.1) is 12.7 Å². The number of ether oxygens (including phenoxy) is 1. The number of methoxy groups -OCH3 is 1. The minimum atomic E-state index is -0.240. The molecular formula is C21H35NO2. The molecule has 0 aliphatic heterocycles. The van der Waals surface area contributed by atoms with Crippen LogP contribution in [0.25, 0.3) is 0 Å². The van der Waals surface area contributed by atoms with Crippen LogP contribution < -0.4 is 0 Å². The number of benzene rings is 1. The average Bonchev–Trinajstić information content (AvgIpc) is 2.62. The maximum Gasteiger partial charge on any atom is 0.337 e. The molecule has 0 N–H and O–H groups in total. The van der Waals surface area contributed by atoms with Gasteiger partial charge in [0.15, 0.2) is 0 Å². The Morgan fingerprint density at radius 1 is 1.21 bits per heavy atom. The average molecular weight is 334 g/mol. The summed E-state index contributed by atoms with van der Waals surface area (Å²) in [5.74, 6) is 0.282. The van der Waals surface area contributed by atoms with E-state index in [0.29, 0.717) is 17.5 Å². The van der Waals surface area contributed by atoms with Crippen molar-refractivity contribution in [1.29, 1.82) is 0 Å². The minimum absolute atomic E-state index is 0.240. The first-order chi connectivity index (χ1) is 11.6. The Balaban J connectivity index is 0.00000139. The summed E-state index contributed by atoms with van der Waals surface area (Å²) in [7, 11) is 1.44. The van der Waals surface area contributed by atoms with Gasteiger partial charge in [-0.25, -0.2) is 4.79 Å². The fraction of sp³-hybridized carbons (Fsp3) is 0.667. The first-order valence-corrected chi connectivity index (χ1v) is 9.57. The quantitative estimate of drug-likeness (QED) is 0.683. The predicted molar refractivity (Wildman–Crippen MR) is 102 cm³/mol. The zero-order chi connectivity index (χ0) is 18.1. The predicted octanol–water partition coefficient (Wildman–Crippen LogP) is 5.04. The third-order valence-corrected chi connectivity index (χ3v) is 4.83. The van der Waals surface area contributed by atoms with E-state index in [4.69, 9.17) is 4.74 Å². The van der Waals surface area contributed by atoms with Crippen LogP contribution in [0.2, 0.25) is 0 Å². The molecule has 2 rings (SSSR count). The Morgan fingerprint density at radius 2 is 1.83 bits per heavy atom. The first kappa shape index (κ1) is 20.7. The highest BCUT2D eigenvalue weighted by Gasteiger charge is 2.30. The summed E-state index contributed by atoms with van der Waals surface area (Å²) >= 11 is 0. The Bertz CT molecular complexity index is 507. The number of aryl methyl sites for hydroxylation is 1. The normalized spacial score (nSPS) is 19.3. The second kappa shape index (κ2) is 10.5. The zero-order valence-corrected chi connectivity index (χ0v) is 16.4. The van der Waals surface area contributed by atoms with Crippen LogP contribution in [0.1, 0.15) is 81.3 Å². The molecule has 1 aromatic rings. The molecule has 2 atom stereocenters. The lowest BCUT2D eigenvalue weighted by Gasteiger charge is -2.39. The van der Waals surface area contributed by atoms with E-state index in [0.717, 1.165) is 6.42 Å². The molecule has 0 fully saturated rings. The van der Waals surface area contributed by atoms with E-state index in [9.17, 15) is 4.79 Å². The van der Waals surface area contributed by atoms with Crippen LogP contribution in [0.4, 0.5) is 0 Å². The zero-order valence-electron chi connectivity index (χ0n) is 16.4. The summed E-state index contributed by atoms with van der Waals surface area (Å²) in [6, 6.07) is 6.69. The fourth-order valence-electron chi connectivity index (χ4n) is 3.79. The Hall–Kier alpha value is -1.35. The van der Waals surface area contributed by atoms with Crippen molar-refractivity contribution in [2.75, 3.05) is 20.2 Å². The van der Waals surface area contributed by atoms with E-state index < -0.39 is 0 Å². The summed E-state index contributed by atoms with van der Waals surface area (Å²) in [4.78, 5) is 14.3. The minimum Gasteiger partial charge on any atom is -0.465 e. The monoisotopic (exact) mass is 333 g/mol. The maximum atomic E-state index is 11.7. The van der Waals surface area contributed by atoms with Crippen LogP contribution in [0.15, 0.2) is 18.2 Å². The van der Waals surface area contributed by atoms with E-state index in [-0.39, 0.29) is 5.97 Å². The topological polar surface area (TPSA) is 29.5 Å². The van der Waals surface area contributed by atoms with E-state index in [1.165, 1.54) is 50.6 Å². The molecule has 2 unspecified atom stereocenters. The maximum absolute atomic E-state index is 11.7. The molecular weight excluding hydrogens is 298 g/mol. The summed E-state index contributed by atoms with van der Waals surface area (Å²) in [6.07, 6.45) is 4.65. The SMILES string of the molecule is CC.CCCN(CCC)C1CCc2cc(C(=O)OC)ccc2C1C. The van der Waals surface area contributed by atoms with Gasteiger partial charge in [0.1, 0.15) is 0 Å². The number of hydrogen-bond donors (Lipinski definition) is 0. The van der Waals surface area contributed by atoms with E-state index >= 15 is 0 Å². The van der Waals surface area contributed by atoms with Gasteiger partial charge in [0.2, 0.25) is 0 Å². The number of esters is 1. The summed E-state index contributed by atoms with van der Waals surface area (Å²) in [6.45, 7) is 13.2. The number of carbonyl (C=O) groups excluding carboxylic acids is 1. The highest BCUT2D eigenvalue weighted by molar-refractivity contribution is 5.89. The van der Waals surface area contributed by atoms with E-state index in [2.05, 4.69) is 31.7 Å². The Kier molecular flexibility index (Phi) is 9.05. The molecule has 3 nitrogen and oxygen atoms in total. The number of carbonyl (C=O) groups is 1. The van der Waals surface area contributed by atoms with Crippen molar-refractivity contribution < 1.29 is 9.53 Å². The highest BCUT2D eigenvalue weighted by atomic mass is 16.5. The molecule has 1 aromatic carbocycles. The van der Waals surface area contributed by atoms with Crippen molar-refractivity contribution in [2.45, 2.75) is 72.3 Å². The van der Waals surface area contributed by atoms with Gasteiger partial charge in [-0.3, -0.25) is 4.90 Å². The number of rotatable bonds is 6. The van der Waals surface area contributed by atoms with Gasteiger partial charge in [0, 0.05) is 6.04 Å². The van der Waals surface area contributed by atoms with Crippen molar-refractivity contribution in [1.82, 2.24) is 4.90 Å². The number of fused-ring (bicyclic) bond motifs is 1. The van der Waals surface area contributed by atoms with E-state index in [1.54, 1.807) is 0 Å². The summed E-state index contributed by atoms with van der Waals surface area (Å²) in [5, 5.41) is 0. The molecule has 0 saturated heterocycles. The smallest absolute Gasteiger partial charge is 0.337 e. The molecule has 0 saturated carbocycles. The highest BCUT2D eigenvalue weighted by Crippen LogP contribution is 2.35. The van der Waals surface area contributed by atoms with Crippen LogP contribution >= 0.6 is 0 Å². The van der Waals surface area contributed by atoms with Gasteiger partial charge < -0.3 is 4.74 Å². The molecule has 136 valence electrons. The van der Waals surface area contributed by atoms with Crippen LogP contribution in [0, 0.1) is 0 Å². The van der Waals surface area contributed by atoms with Crippen molar-refractivity contribution in [2.24, 2.45) is 0 Å². The summed E-state index contributed by atoms with van der Waals surface area (Å²) in [5.41, 5.74) is 3.39. The second-order valence-corrected chi connectivity index (χ2v) is 6.34. The van der Waals surface area contributed by atoms with Crippen LogP contribution in [-0.4, -0.2) is 37.1 Å². The van der Waals surface area contributed by atoms with E-state index in [1.807, 2.05) is 26.0 Å². The largest absolute Gasteiger partial charge is 0.465 e. The number of hydrogen-bond acceptors (Lipinski definition) is 3. The Morgan fingerprint density at radius 3 is 2.38 bits per heavy atom. The molecule has 3 heteroatoms. The van der Waals surface area contributed by atoms with Crippen molar-refractivity contribution in [3.8, 4) is 0 Å². The summed E-state index contributed by atoms with van der Waals surface area (Å²) < 4.78 is 4.83.